The molecule has 3 heteroatoms. The summed E-state index contributed by atoms with van der Waals surface area (Å²) in [5.41, 5.74) is 0.192. The van der Waals surface area contributed by atoms with Crippen molar-refractivity contribution in [2.45, 2.75) is 45.2 Å². The van der Waals surface area contributed by atoms with Crippen LogP contribution in [0.3, 0.4) is 0 Å². The predicted molar refractivity (Wildman–Crippen MR) is 62.7 cm³/mol. The number of hydrogen-bond acceptors (Lipinski definition) is 2. The van der Waals surface area contributed by atoms with Crippen LogP contribution in [0.5, 0.6) is 0 Å². The van der Waals surface area contributed by atoms with Crippen molar-refractivity contribution in [3.05, 3.63) is 12.7 Å². The maximum absolute atomic E-state index is 11.2. The molecule has 86 valence electrons. The van der Waals surface area contributed by atoms with Crippen LogP contribution in [0.15, 0.2) is 12.7 Å². The Balaban J connectivity index is 2.49. The minimum absolute atomic E-state index is 0.0595. The van der Waals surface area contributed by atoms with E-state index < -0.39 is 0 Å². The fourth-order valence-corrected chi connectivity index (χ4v) is 1.96. The highest BCUT2D eigenvalue weighted by atomic mass is 16.1. The first-order chi connectivity index (χ1) is 6.93. The van der Waals surface area contributed by atoms with Crippen LogP contribution in [-0.2, 0) is 4.79 Å². The highest BCUT2D eigenvalue weighted by molar-refractivity contribution is 5.87. The van der Waals surface area contributed by atoms with Gasteiger partial charge < -0.3 is 5.32 Å². The Kier molecular flexibility index (Phi) is 3.91. The molecule has 3 nitrogen and oxygen atoms in total. The Morgan fingerprint density at radius 2 is 2.20 bits per heavy atom. The normalized spacial score (nSPS) is 23.5. The largest absolute Gasteiger partial charge is 0.349 e. The summed E-state index contributed by atoms with van der Waals surface area (Å²) in [6.07, 6.45) is 3.57. The topological polar surface area (TPSA) is 32.3 Å². The smallest absolute Gasteiger partial charge is 0.243 e. The first kappa shape index (κ1) is 12.2. The molecule has 1 amide bonds. The first-order valence-corrected chi connectivity index (χ1v) is 5.61. The molecule has 0 bridgehead atoms. The predicted octanol–water partition coefficient (Wildman–Crippen LogP) is 1.55. The van der Waals surface area contributed by atoms with Crippen LogP contribution in [0, 0.1) is 0 Å². The Morgan fingerprint density at radius 1 is 1.53 bits per heavy atom. The van der Waals surface area contributed by atoms with Crippen LogP contribution in [0.2, 0.25) is 0 Å². The lowest BCUT2D eigenvalue weighted by molar-refractivity contribution is -0.117. The zero-order valence-corrected chi connectivity index (χ0v) is 10.0. The third kappa shape index (κ3) is 3.67. The van der Waals surface area contributed by atoms with Gasteiger partial charge in [-0.05, 0) is 46.2 Å². The molecule has 1 rings (SSSR count). The first-order valence-electron chi connectivity index (χ1n) is 5.61. The molecule has 0 saturated carbocycles. The van der Waals surface area contributed by atoms with Crippen LogP contribution < -0.4 is 5.32 Å². The average Bonchev–Trinajstić information content (AvgIpc) is 2.17. The van der Waals surface area contributed by atoms with Crippen molar-refractivity contribution in [1.29, 1.82) is 0 Å². The number of piperidine rings is 1. The van der Waals surface area contributed by atoms with Crippen LogP contribution in [0.1, 0.15) is 33.6 Å². The molecule has 15 heavy (non-hydrogen) atoms. The lowest BCUT2D eigenvalue weighted by Gasteiger charge is -2.41. The molecule has 0 unspecified atom stereocenters. The molecule has 1 atom stereocenters. The Bertz CT molecular complexity index is 242. The van der Waals surface area contributed by atoms with Crippen molar-refractivity contribution >= 4 is 5.91 Å². The third-order valence-corrected chi connectivity index (χ3v) is 2.90. The van der Waals surface area contributed by atoms with E-state index in [1.165, 1.54) is 6.08 Å². The van der Waals surface area contributed by atoms with E-state index in [1.54, 1.807) is 0 Å². The summed E-state index contributed by atoms with van der Waals surface area (Å²) in [5, 5.41) is 2.97. The maximum Gasteiger partial charge on any atom is 0.243 e. The van der Waals surface area contributed by atoms with Gasteiger partial charge in [-0.25, -0.2) is 0 Å². The van der Waals surface area contributed by atoms with Crippen LogP contribution in [0.25, 0.3) is 0 Å². The maximum atomic E-state index is 11.2. The molecule has 1 N–H and O–H groups in total. The molecule has 1 aliphatic rings. The molecule has 1 fully saturated rings. The van der Waals surface area contributed by atoms with Crippen molar-refractivity contribution in [2.75, 3.05) is 13.1 Å². The number of rotatable bonds is 2. The van der Waals surface area contributed by atoms with Crippen molar-refractivity contribution < 1.29 is 4.79 Å². The van der Waals surface area contributed by atoms with Gasteiger partial charge in [-0.3, -0.25) is 9.69 Å². The summed E-state index contributed by atoms with van der Waals surface area (Å²) >= 11 is 0. The van der Waals surface area contributed by atoms with Crippen LogP contribution >= 0.6 is 0 Å². The van der Waals surface area contributed by atoms with Gasteiger partial charge >= 0.3 is 0 Å². The van der Waals surface area contributed by atoms with Gasteiger partial charge in [0.2, 0.25) is 5.91 Å². The summed E-state index contributed by atoms with van der Waals surface area (Å²) in [7, 11) is 0. The molecular weight excluding hydrogens is 188 g/mol. The number of hydrogen-bond donors (Lipinski definition) is 1. The second-order valence-electron chi connectivity index (χ2n) is 5.17. The van der Waals surface area contributed by atoms with Gasteiger partial charge in [-0.15, -0.1) is 0 Å². The van der Waals surface area contributed by atoms with E-state index >= 15 is 0 Å². The van der Waals surface area contributed by atoms with Gasteiger partial charge in [0.15, 0.2) is 0 Å². The Labute approximate surface area is 92.5 Å². The molecule has 0 aromatic carbocycles. The summed E-state index contributed by atoms with van der Waals surface area (Å²) in [4.78, 5) is 13.6. The number of amides is 1. The molecule has 0 aromatic heterocycles. The average molecular weight is 210 g/mol. The zero-order chi connectivity index (χ0) is 11.5. The zero-order valence-electron chi connectivity index (χ0n) is 10.0. The lowest BCUT2D eigenvalue weighted by atomic mass is 9.98. The molecule has 1 saturated heterocycles. The monoisotopic (exact) mass is 210 g/mol. The van der Waals surface area contributed by atoms with E-state index in [0.717, 1.165) is 25.9 Å². The van der Waals surface area contributed by atoms with Gasteiger partial charge in [0.25, 0.3) is 0 Å². The molecule has 0 spiro atoms. The molecule has 1 heterocycles. The van der Waals surface area contributed by atoms with Gasteiger partial charge in [0.1, 0.15) is 0 Å². The summed E-state index contributed by atoms with van der Waals surface area (Å²) in [6.45, 7) is 12.2. The van der Waals surface area contributed by atoms with Gasteiger partial charge in [-0.2, -0.15) is 0 Å². The van der Waals surface area contributed by atoms with Gasteiger partial charge in [-0.1, -0.05) is 6.58 Å². The quantitative estimate of drug-likeness (QED) is 0.701. The molecule has 0 aromatic rings. The van der Waals surface area contributed by atoms with Crippen LogP contribution in [-0.4, -0.2) is 35.5 Å². The number of nitrogens with one attached hydrogen (secondary N) is 1. The highest BCUT2D eigenvalue weighted by Crippen LogP contribution is 2.19. The van der Waals surface area contributed by atoms with Crippen molar-refractivity contribution in [1.82, 2.24) is 10.2 Å². The van der Waals surface area contributed by atoms with Crippen molar-refractivity contribution in [2.24, 2.45) is 0 Å². The lowest BCUT2D eigenvalue weighted by Crippen LogP contribution is -2.53. The van der Waals surface area contributed by atoms with Gasteiger partial charge in [0.05, 0.1) is 0 Å². The molecular formula is C12H22N2O. The number of likely N-dealkylation sites (tertiary alicyclic amines) is 1. The molecule has 0 radical (unpaired) electrons. The number of carbonyl (C=O) groups is 1. The summed E-state index contributed by atoms with van der Waals surface area (Å²) < 4.78 is 0. The fourth-order valence-electron chi connectivity index (χ4n) is 1.96. The Morgan fingerprint density at radius 3 is 2.73 bits per heavy atom. The van der Waals surface area contributed by atoms with E-state index in [1.807, 2.05) is 0 Å². The highest BCUT2D eigenvalue weighted by Gasteiger charge is 2.27. The molecule has 0 aliphatic carbocycles. The standard InChI is InChI=1S/C12H22N2O/c1-5-11(15)13-10-7-6-8-14(9-10)12(2,3)4/h5,10H,1,6-9H2,2-4H3,(H,13,15)/t10-/m0/s1. The number of nitrogens with zero attached hydrogens (tertiary/aromatic N) is 1. The molecule has 1 aliphatic heterocycles. The van der Waals surface area contributed by atoms with E-state index in [0.29, 0.717) is 0 Å². The van der Waals surface area contributed by atoms with E-state index in [9.17, 15) is 4.79 Å². The van der Waals surface area contributed by atoms with Crippen molar-refractivity contribution in [3.63, 3.8) is 0 Å². The minimum atomic E-state index is -0.0595. The minimum Gasteiger partial charge on any atom is -0.349 e. The van der Waals surface area contributed by atoms with E-state index in [2.05, 4.69) is 37.6 Å². The third-order valence-electron chi connectivity index (χ3n) is 2.90. The van der Waals surface area contributed by atoms with Gasteiger partial charge in [0, 0.05) is 18.1 Å². The summed E-state index contributed by atoms with van der Waals surface area (Å²) in [5.74, 6) is -0.0595. The second-order valence-corrected chi connectivity index (χ2v) is 5.17. The SMILES string of the molecule is C=CC(=O)N[C@H]1CCCN(C(C)(C)C)C1. The van der Waals surface area contributed by atoms with Crippen LogP contribution in [0.4, 0.5) is 0 Å². The second kappa shape index (κ2) is 4.79. The van der Waals surface area contributed by atoms with E-state index in [4.69, 9.17) is 0 Å². The fraction of sp³-hybridized carbons (Fsp3) is 0.750. The van der Waals surface area contributed by atoms with E-state index in [-0.39, 0.29) is 17.5 Å². The Hall–Kier alpha value is -0.830. The summed E-state index contributed by atoms with van der Waals surface area (Å²) in [6, 6.07) is 0.281. The van der Waals surface area contributed by atoms with Crippen molar-refractivity contribution in [3.8, 4) is 0 Å². The number of carbonyl (C=O) groups excluding carboxylic acids is 1.